The lowest BCUT2D eigenvalue weighted by Crippen LogP contribution is -1.87. The van der Waals surface area contributed by atoms with Crippen LogP contribution in [-0.2, 0) is 0 Å². The van der Waals surface area contributed by atoms with Crippen LogP contribution >= 0.6 is 27.5 Å². The summed E-state index contributed by atoms with van der Waals surface area (Å²) in [5, 5.41) is 7.54. The minimum atomic E-state index is -0.352. The first-order valence-electron chi connectivity index (χ1n) is 5.20. The third-order valence-corrected chi connectivity index (χ3v) is 3.61. The highest BCUT2D eigenvalue weighted by atomic mass is 79.9. The van der Waals surface area contributed by atoms with Crippen molar-refractivity contribution in [3.8, 4) is 11.3 Å². The van der Waals surface area contributed by atoms with Crippen molar-refractivity contribution in [2.75, 3.05) is 0 Å². The summed E-state index contributed by atoms with van der Waals surface area (Å²) in [6, 6.07) is 4.28. The first-order chi connectivity index (χ1) is 8.00. The summed E-state index contributed by atoms with van der Waals surface area (Å²) in [4.78, 5) is 0. The van der Waals surface area contributed by atoms with Gasteiger partial charge in [-0.1, -0.05) is 25.4 Å². The molecule has 0 unspecified atom stereocenters. The van der Waals surface area contributed by atoms with Crippen molar-refractivity contribution in [1.29, 1.82) is 0 Å². The maximum absolute atomic E-state index is 13.0. The van der Waals surface area contributed by atoms with E-state index < -0.39 is 0 Å². The lowest BCUT2D eigenvalue weighted by atomic mass is 10.1. The molecule has 1 heterocycles. The number of rotatable bonds is 2. The third-order valence-electron chi connectivity index (χ3n) is 2.50. The Labute approximate surface area is 112 Å². The summed E-state index contributed by atoms with van der Waals surface area (Å²) in [6.07, 6.45) is 0. The van der Waals surface area contributed by atoms with Gasteiger partial charge >= 0.3 is 0 Å². The molecule has 1 aromatic carbocycles. The van der Waals surface area contributed by atoms with Crippen molar-refractivity contribution >= 4 is 27.5 Å². The van der Waals surface area contributed by atoms with Gasteiger partial charge in [-0.3, -0.25) is 5.10 Å². The molecule has 0 aliphatic rings. The van der Waals surface area contributed by atoms with E-state index in [4.69, 9.17) is 11.6 Å². The van der Waals surface area contributed by atoms with Crippen LogP contribution in [0.4, 0.5) is 4.39 Å². The van der Waals surface area contributed by atoms with E-state index in [0.29, 0.717) is 22.2 Å². The maximum atomic E-state index is 13.0. The van der Waals surface area contributed by atoms with Crippen molar-refractivity contribution < 1.29 is 4.39 Å². The minimum absolute atomic E-state index is 0.324. The fraction of sp³-hybridized carbons (Fsp3) is 0.250. The lowest BCUT2D eigenvalue weighted by molar-refractivity contribution is 0.628. The van der Waals surface area contributed by atoms with Gasteiger partial charge in [-0.2, -0.15) is 5.10 Å². The predicted octanol–water partition coefficient (Wildman–Crippen LogP) is 4.76. The van der Waals surface area contributed by atoms with Crippen molar-refractivity contribution in [2.24, 2.45) is 0 Å². The lowest BCUT2D eigenvalue weighted by Gasteiger charge is -2.03. The second kappa shape index (κ2) is 4.78. The average Bonchev–Trinajstić information content (AvgIpc) is 2.60. The van der Waals surface area contributed by atoms with Gasteiger partial charge in [-0.25, -0.2) is 4.39 Å². The number of halogens is 3. The van der Waals surface area contributed by atoms with Crippen LogP contribution in [0.25, 0.3) is 11.3 Å². The molecule has 2 rings (SSSR count). The quantitative estimate of drug-likeness (QED) is 0.850. The van der Waals surface area contributed by atoms with E-state index in [0.717, 1.165) is 10.2 Å². The average molecular weight is 318 g/mol. The fourth-order valence-electron chi connectivity index (χ4n) is 1.58. The monoisotopic (exact) mass is 316 g/mol. The van der Waals surface area contributed by atoms with E-state index >= 15 is 0 Å². The Kier molecular flexibility index (Phi) is 3.54. The summed E-state index contributed by atoms with van der Waals surface area (Å²) in [5.41, 5.74) is 2.42. The molecule has 1 aromatic heterocycles. The molecule has 1 N–H and O–H groups in total. The number of nitrogens with one attached hydrogen (secondary N) is 1. The standard InChI is InChI=1S/C12H11BrClFN2/c1-6(2)11-10(13)12(17-16-11)8-4-3-7(15)5-9(8)14/h3-6H,1-2H3,(H,16,17). The molecule has 2 aromatic rings. The number of hydrogen-bond donors (Lipinski definition) is 1. The highest BCUT2D eigenvalue weighted by molar-refractivity contribution is 9.10. The number of aromatic amines is 1. The van der Waals surface area contributed by atoms with E-state index in [2.05, 4.69) is 40.0 Å². The normalized spacial score (nSPS) is 11.2. The molecule has 2 nitrogen and oxygen atoms in total. The van der Waals surface area contributed by atoms with E-state index in [1.165, 1.54) is 12.1 Å². The van der Waals surface area contributed by atoms with Gasteiger partial charge in [0, 0.05) is 5.56 Å². The topological polar surface area (TPSA) is 28.7 Å². The Morgan fingerprint density at radius 1 is 1.41 bits per heavy atom. The van der Waals surface area contributed by atoms with Gasteiger partial charge in [0.1, 0.15) is 11.5 Å². The van der Waals surface area contributed by atoms with Crippen LogP contribution in [0.2, 0.25) is 5.02 Å². The summed E-state index contributed by atoms with van der Waals surface area (Å²) in [5.74, 6) is -0.0284. The van der Waals surface area contributed by atoms with E-state index in [-0.39, 0.29) is 5.82 Å². The molecule has 5 heteroatoms. The summed E-state index contributed by atoms with van der Waals surface area (Å²) in [6.45, 7) is 4.13. The highest BCUT2D eigenvalue weighted by Crippen LogP contribution is 2.35. The number of H-pyrrole nitrogens is 1. The van der Waals surface area contributed by atoms with Crippen molar-refractivity contribution in [3.63, 3.8) is 0 Å². The zero-order chi connectivity index (χ0) is 12.6. The molecule has 90 valence electrons. The summed E-state index contributed by atoms with van der Waals surface area (Å²) in [7, 11) is 0. The third kappa shape index (κ3) is 2.38. The van der Waals surface area contributed by atoms with E-state index in [9.17, 15) is 4.39 Å². The molecule has 17 heavy (non-hydrogen) atoms. The first-order valence-corrected chi connectivity index (χ1v) is 6.37. The minimum Gasteiger partial charge on any atom is -0.281 e. The smallest absolute Gasteiger partial charge is 0.124 e. The van der Waals surface area contributed by atoms with E-state index in [1.54, 1.807) is 6.07 Å². The van der Waals surface area contributed by atoms with Gasteiger partial charge in [0.25, 0.3) is 0 Å². The zero-order valence-electron chi connectivity index (χ0n) is 9.39. The SMILES string of the molecule is CC(C)c1[nH]nc(-c2ccc(F)cc2Cl)c1Br. The largest absolute Gasteiger partial charge is 0.281 e. The van der Waals surface area contributed by atoms with Crippen molar-refractivity contribution in [1.82, 2.24) is 10.2 Å². The van der Waals surface area contributed by atoms with Gasteiger partial charge in [0.15, 0.2) is 0 Å². The van der Waals surface area contributed by atoms with Gasteiger partial charge in [-0.05, 0) is 40.0 Å². The number of hydrogen-bond acceptors (Lipinski definition) is 1. The molecule has 0 saturated heterocycles. The molecule has 0 spiro atoms. The Morgan fingerprint density at radius 2 is 2.12 bits per heavy atom. The van der Waals surface area contributed by atoms with Crippen LogP contribution < -0.4 is 0 Å². The molecule has 0 saturated carbocycles. The predicted molar refractivity (Wildman–Crippen MR) is 70.8 cm³/mol. The van der Waals surface area contributed by atoms with Gasteiger partial charge in [-0.15, -0.1) is 0 Å². The molecule has 0 amide bonds. The van der Waals surface area contributed by atoms with Gasteiger partial charge < -0.3 is 0 Å². The van der Waals surface area contributed by atoms with Crippen molar-refractivity contribution in [2.45, 2.75) is 19.8 Å². The summed E-state index contributed by atoms with van der Waals surface area (Å²) >= 11 is 9.51. The summed E-state index contributed by atoms with van der Waals surface area (Å²) < 4.78 is 13.8. The molecule has 0 radical (unpaired) electrons. The van der Waals surface area contributed by atoms with Crippen LogP contribution in [-0.4, -0.2) is 10.2 Å². The van der Waals surface area contributed by atoms with Crippen LogP contribution in [0.15, 0.2) is 22.7 Å². The Bertz CT molecular complexity index is 551. The maximum Gasteiger partial charge on any atom is 0.124 e. The number of nitrogens with zero attached hydrogens (tertiary/aromatic N) is 1. The molecule has 0 atom stereocenters. The molecule has 0 fully saturated rings. The second-order valence-corrected chi connectivity index (χ2v) is 5.28. The van der Waals surface area contributed by atoms with E-state index in [1.807, 2.05) is 0 Å². The van der Waals surface area contributed by atoms with Gasteiger partial charge in [0.05, 0.1) is 15.2 Å². The van der Waals surface area contributed by atoms with Crippen LogP contribution in [0.3, 0.4) is 0 Å². The van der Waals surface area contributed by atoms with Crippen molar-refractivity contribution in [3.05, 3.63) is 39.2 Å². The molecular weight excluding hydrogens is 307 g/mol. The fourth-order valence-corrected chi connectivity index (χ4v) is 2.69. The first kappa shape index (κ1) is 12.6. The van der Waals surface area contributed by atoms with Crippen LogP contribution in [0, 0.1) is 5.82 Å². The number of aromatic nitrogens is 2. The molecule has 0 aliphatic heterocycles. The number of benzene rings is 1. The second-order valence-electron chi connectivity index (χ2n) is 4.08. The molecule has 0 aliphatic carbocycles. The highest BCUT2D eigenvalue weighted by Gasteiger charge is 2.16. The Hall–Kier alpha value is -0.870. The van der Waals surface area contributed by atoms with Crippen LogP contribution in [0.5, 0.6) is 0 Å². The Morgan fingerprint density at radius 3 is 2.65 bits per heavy atom. The zero-order valence-corrected chi connectivity index (χ0v) is 11.7. The Balaban J connectivity index is 2.54. The molecule has 0 bridgehead atoms. The van der Waals surface area contributed by atoms with Crippen LogP contribution in [0.1, 0.15) is 25.5 Å². The molecular formula is C12H11BrClFN2. The van der Waals surface area contributed by atoms with Gasteiger partial charge in [0.2, 0.25) is 0 Å².